The molecule has 0 fully saturated rings. The van der Waals surface area contributed by atoms with Crippen molar-refractivity contribution < 1.29 is 19.2 Å². The Labute approximate surface area is 187 Å². The van der Waals surface area contributed by atoms with Gasteiger partial charge in [-0.1, -0.05) is 22.0 Å². The molecule has 0 atom stereocenters. The zero-order valence-electron chi connectivity index (χ0n) is 16.8. The second-order valence-corrected chi connectivity index (χ2v) is 7.50. The normalized spacial score (nSPS) is 10.4. The molecule has 1 amide bonds. The molecule has 0 aliphatic carbocycles. The van der Waals surface area contributed by atoms with Crippen molar-refractivity contribution in [2.45, 2.75) is 6.54 Å². The number of carbonyl (C=O) groups excluding carboxylic acids is 1. The number of methoxy groups -OCH3 is 2. The lowest BCUT2D eigenvalue weighted by Gasteiger charge is -2.13. The summed E-state index contributed by atoms with van der Waals surface area (Å²) in [6.45, 7) is 0.406. The van der Waals surface area contributed by atoms with Crippen LogP contribution in [0.2, 0.25) is 0 Å². The van der Waals surface area contributed by atoms with Crippen LogP contribution in [0, 0.1) is 10.1 Å². The van der Waals surface area contributed by atoms with Crippen molar-refractivity contribution >= 4 is 33.2 Å². The van der Waals surface area contributed by atoms with E-state index in [1.165, 1.54) is 6.07 Å². The Morgan fingerprint density at radius 2 is 1.77 bits per heavy atom. The molecule has 31 heavy (non-hydrogen) atoms. The van der Waals surface area contributed by atoms with Gasteiger partial charge in [-0.2, -0.15) is 0 Å². The SMILES string of the molecule is COc1ccc(NCc2ccc(C(N)=O)c(-c3cc(Br)ccc3[N+](=O)[O-])c2)cc1OC. The molecule has 9 heteroatoms. The number of nitro groups is 1. The first-order valence-electron chi connectivity index (χ1n) is 9.17. The molecule has 3 aromatic rings. The van der Waals surface area contributed by atoms with Gasteiger partial charge in [0.15, 0.2) is 11.5 Å². The summed E-state index contributed by atoms with van der Waals surface area (Å²) in [5.74, 6) is 0.536. The van der Waals surface area contributed by atoms with Crippen molar-refractivity contribution in [3.63, 3.8) is 0 Å². The van der Waals surface area contributed by atoms with E-state index in [-0.39, 0.29) is 11.3 Å². The van der Waals surface area contributed by atoms with E-state index in [2.05, 4.69) is 21.2 Å². The van der Waals surface area contributed by atoms with Crippen LogP contribution in [-0.4, -0.2) is 25.1 Å². The van der Waals surface area contributed by atoms with Gasteiger partial charge in [0.1, 0.15) is 0 Å². The summed E-state index contributed by atoms with van der Waals surface area (Å²) < 4.78 is 11.2. The fraction of sp³-hybridized carbons (Fsp3) is 0.136. The van der Waals surface area contributed by atoms with Gasteiger partial charge in [-0.25, -0.2) is 0 Å². The third kappa shape index (κ3) is 4.95. The third-order valence-electron chi connectivity index (χ3n) is 4.68. The fourth-order valence-corrected chi connectivity index (χ4v) is 3.53. The summed E-state index contributed by atoms with van der Waals surface area (Å²) in [7, 11) is 3.12. The summed E-state index contributed by atoms with van der Waals surface area (Å²) >= 11 is 3.34. The lowest BCUT2D eigenvalue weighted by atomic mass is 9.95. The molecular formula is C22H20BrN3O5. The summed E-state index contributed by atoms with van der Waals surface area (Å²) in [6.07, 6.45) is 0. The molecule has 160 valence electrons. The Hall–Kier alpha value is -3.59. The highest BCUT2D eigenvalue weighted by atomic mass is 79.9. The summed E-state index contributed by atoms with van der Waals surface area (Å²) in [4.78, 5) is 23.0. The zero-order chi connectivity index (χ0) is 22.5. The number of carbonyl (C=O) groups is 1. The van der Waals surface area contributed by atoms with E-state index in [1.807, 2.05) is 6.07 Å². The second kappa shape index (κ2) is 9.48. The molecule has 0 radical (unpaired) electrons. The van der Waals surface area contributed by atoms with Crippen molar-refractivity contribution in [1.29, 1.82) is 0 Å². The second-order valence-electron chi connectivity index (χ2n) is 6.59. The number of nitrogens with zero attached hydrogens (tertiary/aromatic N) is 1. The molecule has 0 bridgehead atoms. The van der Waals surface area contributed by atoms with Gasteiger partial charge in [0.05, 0.1) is 24.7 Å². The van der Waals surface area contributed by atoms with Gasteiger partial charge in [-0.05, 0) is 42.0 Å². The van der Waals surface area contributed by atoms with Gasteiger partial charge in [0.2, 0.25) is 5.91 Å². The number of nitro benzene ring substituents is 1. The number of halogens is 1. The molecule has 0 spiro atoms. The van der Waals surface area contributed by atoms with E-state index in [9.17, 15) is 14.9 Å². The van der Waals surface area contributed by atoms with Crippen LogP contribution in [-0.2, 0) is 6.54 Å². The van der Waals surface area contributed by atoms with Gasteiger partial charge in [-0.3, -0.25) is 14.9 Å². The lowest BCUT2D eigenvalue weighted by molar-refractivity contribution is -0.384. The Bertz CT molecular complexity index is 1150. The average molecular weight is 486 g/mol. The molecule has 0 saturated heterocycles. The minimum absolute atomic E-state index is 0.115. The highest BCUT2D eigenvalue weighted by Gasteiger charge is 2.20. The Balaban J connectivity index is 1.98. The van der Waals surface area contributed by atoms with Crippen LogP contribution in [0.4, 0.5) is 11.4 Å². The number of hydrogen-bond acceptors (Lipinski definition) is 6. The highest BCUT2D eigenvalue weighted by Crippen LogP contribution is 2.35. The molecule has 3 aromatic carbocycles. The smallest absolute Gasteiger partial charge is 0.277 e. The first kappa shape index (κ1) is 22.1. The summed E-state index contributed by atoms with van der Waals surface area (Å²) in [5.41, 5.74) is 7.93. The molecule has 8 nitrogen and oxygen atoms in total. The van der Waals surface area contributed by atoms with E-state index in [0.717, 1.165) is 11.3 Å². The number of hydrogen-bond donors (Lipinski definition) is 2. The maximum Gasteiger partial charge on any atom is 0.277 e. The van der Waals surface area contributed by atoms with Crippen LogP contribution >= 0.6 is 15.9 Å². The predicted molar refractivity (Wildman–Crippen MR) is 122 cm³/mol. The molecule has 0 aliphatic heterocycles. The molecule has 0 heterocycles. The first-order valence-corrected chi connectivity index (χ1v) is 9.96. The van der Waals surface area contributed by atoms with Crippen molar-refractivity contribution in [3.05, 3.63) is 80.3 Å². The number of rotatable bonds is 8. The molecule has 3 rings (SSSR count). The van der Waals surface area contributed by atoms with E-state index < -0.39 is 10.8 Å². The number of benzene rings is 3. The minimum Gasteiger partial charge on any atom is -0.493 e. The van der Waals surface area contributed by atoms with E-state index >= 15 is 0 Å². The Morgan fingerprint density at radius 1 is 1.03 bits per heavy atom. The molecule has 0 saturated carbocycles. The van der Waals surface area contributed by atoms with Crippen molar-refractivity contribution in [2.75, 3.05) is 19.5 Å². The van der Waals surface area contributed by atoms with Crippen molar-refractivity contribution in [1.82, 2.24) is 0 Å². The van der Waals surface area contributed by atoms with Crippen LogP contribution < -0.4 is 20.5 Å². The predicted octanol–water partition coefficient (Wildman–Crippen LogP) is 4.75. The monoisotopic (exact) mass is 485 g/mol. The quantitative estimate of drug-likeness (QED) is 0.351. The Morgan fingerprint density at radius 3 is 2.42 bits per heavy atom. The number of nitrogens with two attached hydrogens (primary N) is 1. The number of amides is 1. The van der Waals surface area contributed by atoms with Crippen LogP contribution in [0.5, 0.6) is 11.5 Å². The largest absolute Gasteiger partial charge is 0.493 e. The topological polar surface area (TPSA) is 117 Å². The van der Waals surface area contributed by atoms with Gasteiger partial charge in [-0.15, -0.1) is 0 Å². The van der Waals surface area contributed by atoms with E-state index in [0.29, 0.717) is 33.6 Å². The van der Waals surface area contributed by atoms with Crippen molar-refractivity contribution in [2.24, 2.45) is 5.73 Å². The van der Waals surface area contributed by atoms with Crippen LogP contribution in [0.15, 0.2) is 59.1 Å². The zero-order valence-corrected chi connectivity index (χ0v) is 18.4. The summed E-state index contributed by atoms with van der Waals surface area (Å²) in [5, 5.41) is 14.8. The first-order chi connectivity index (χ1) is 14.8. The van der Waals surface area contributed by atoms with Gasteiger partial charge >= 0.3 is 0 Å². The standard InChI is InChI=1S/C22H20BrN3O5/c1-30-20-8-5-15(11-21(20)31-2)25-12-13-3-6-16(22(24)27)17(9-13)18-10-14(23)4-7-19(18)26(28)29/h3-11,25H,12H2,1-2H3,(H2,24,27). The number of primary amides is 1. The average Bonchev–Trinajstić information content (AvgIpc) is 2.76. The van der Waals surface area contributed by atoms with Crippen LogP contribution in [0.3, 0.4) is 0 Å². The molecule has 0 aliphatic rings. The van der Waals surface area contributed by atoms with Crippen LogP contribution in [0.25, 0.3) is 11.1 Å². The summed E-state index contributed by atoms with van der Waals surface area (Å²) in [6, 6.07) is 15.1. The van der Waals surface area contributed by atoms with E-state index in [1.54, 1.807) is 56.7 Å². The van der Waals surface area contributed by atoms with Crippen LogP contribution in [0.1, 0.15) is 15.9 Å². The lowest BCUT2D eigenvalue weighted by Crippen LogP contribution is -2.13. The fourth-order valence-electron chi connectivity index (χ4n) is 3.17. The molecule has 0 unspecified atom stereocenters. The maximum atomic E-state index is 12.0. The molecule has 0 aromatic heterocycles. The highest BCUT2D eigenvalue weighted by molar-refractivity contribution is 9.10. The molecular weight excluding hydrogens is 466 g/mol. The number of anilines is 1. The van der Waals surface area contributed by atoms with Gasteiger partial charge in [0.25, 0.3) is 5.69 Å². The van der Waals surface area contributed by atoms with Gasteiger partial charge < -0.3 is 20.5 Å². The number of ether oxygens (including phenoxy) is 2. The maximum absolute atomic E-state index is 12.0. The number of nitrogens with one attached hydrogen (secondary N) is 1. The third-order valence-corrected chi connectivity index (χ3v) is 5.17. The van der Waals surface area contributed by atoms with E-state index in [4.69, 9.17) is 15.2 Å². The van der Waals surface area contributed by atoms with Crippen molar-refractivity contribution in [3.8, 4) is 22.6 Å². The van der Waals surface area contributed by atoms with Gasteiger partial charge in [0, 0.05) is 40.0 Å². The molecule has 3 N–H and O–H groups in total. The Kier molecular flexibility index (Phi) is 6.76. The minimum atomic E-state index is -0.663.